The molecule has 1 aromatic rings. The summed E-state index contributed by atoms with van der Waals surface area (Å²) in [6.45, 7) is 4.55. The summed E-state index contributed by atoms with van der Waals surface area (Å²) in [5, 5.41) is 0. The molecule has 0 heterocycles. The summed E-state index contributed by atoms with van der Waals surface area (Å²) in [5.74, 6) is 0.415. The van der Waals surface area contributed by atoms with E-state index in [0.29, 0.717) is 13.2 Å². The van der Waals surface area contributed by atoms with Crippen LogP contribution < -0.4 is 10.2 Å². The van der Waals surface area contributed by atoms with Gasteiger partial charge in [-0.25, -0.2) is 5.48 Å². The standard InChI is InChI=1S/C13H19NO4/c1-10-5-4-6-11(2)13(10)17-9-12(15)14-18-8-7-16-3/h4-6H,7-9H2,1-3H3,(H,14,15). The van der Waals surface area contributed by atoms with Crippen molar-refractivity contribution in [2.75, 3.05) is 26.9 Å². The molecule has 0 aliphatic heterocycles. The van der Waals surface area contributed by atoms with Crippen molar-refractivity contribution >= 4 is 5.91 Å². The third-order valence-electron chi connectivity index (χ3n) is 2.33. The Morgan fingerprint density at radius 3 is 2.50 bits per heavy atom. The number of hydrogen-bond acceptors (Lipinski definition) is 4. The van der Waals surface area contributed by atoms with Crippen LogP contribution in [-0.4, -0.2) is 32.8 Å². The number of carbonyl (C=O) groups excluding carboxylic acids is 1. The Kier molecular flexibility index (Phi) is 6.18. The first-order valence-corrected chi connectivity index (χ1v) is 5.73. The van der Waals surface area contributed by atoms with E-state index in [1.807, 2.05) is 32.0 Å². The topological polar surface area (TPSA) is 56.8 Å². The lowest BCUT2D eigenvalue weighted by Crippen LogP contribution is -2.30. The highest BCUT2D eigenvalue weighted by Crippen LogP contribution is 2.21. The van der Waals surface area contributed by atoms with E-state index in [0.717, 1.165) is 16.9 Å². The van der Waals surface area contributed by atoms with E-state index in [1.165, 1.54) is 0 Å². The molecule has 1 rings (SSSR count). The van der Waals surface area contributed by atoms with Gasteiger partial charge >= 0.3 is 0 Å². The van der Waals surface area contributed by atoms with Crippen molar-refractivity contribution in [1.82, 2.24) is 5.48 Å². The second-order valence-electron chi connectivity index (χ2n) is 3.88. The normalized spacial score (nSPS) is 10.2. The van der Waals surface area contributed by atoms with Crippen molar-refractivity contribution in [2.45, 2.75) is 13.8 Å². The molecule has 0 bridgehead atoms. The number of benzene rings is 1. The van der Waals surface area contributed by atoms with E-state index in [2.05, 4.69) is 5.48 Å². The molecular formula is C13H19NO4. The zero-order chi connectivity index (χ0) is 13.4. The fraction of sp³-hybridized carbons (Fsp3) is 0.462. The van der Waals surface area contributed by atoms with Crippen LogP contribution in [-0.2, 0) is 14.4 Å². The summed E-state index contributed by atoms with van der Waals surface area (Å²) in [6.07, 6.45) is 0. The molecule has 0 aliphatic carbocycles. The third kappa shape index (κ3) is 4.73. The highest BCUT2D eigenvalue weighted by atomic mass is 16.7. The molecule has 0 radical (unpaired) electrons. The summed E-state index contributed by atoms with van der Waals surface area (Å²) >= 11 is 0. The molecule has 0 aromatic heterocycles. The maximum absolute atomic E-state index is 11.4. The summed E-state index contributed by atoms with van der Waals surface area (Å²) in [4.78, 5) is 16.3. The van der Waals surface area contributed by atoms with E-state index < -0.39 is 0 Å². The molecule has 0 fully saturated rings. The number of ether oxygens (including phenoxy) is 2. The number of carbonyl (C=O) groups is 1. The lowest BCUT2D eigenvalue weighted by molar-refractivity contribution is -0.136. The van der Waals surface area contributed by atoms with Crippen LogP contribution >= 0.6 is 0 Å². The van der Waals surface area contributed by atoms with Crippen LogP contribution in [0.25, 0.3) is 0 Å². The van der Waals surface area contributed by atoms with Gasteiger partial charge in [0.05, 0.1) is 13.2 Å². The van der Waals surface area contributed by atoms with Crippen molar-refractivity contribution in [3.63, 3.8) is 0 Å². The minimum Gasteiger partial charge on any atom is -0.483 e. The molecule has 1 N–H and O–H groups in total. The van der Waals surface area contributed by atoms with Crippen LogP contribution in [0.5, 0.6) is 5.75 Å². The SMILES string of the molecule is COCCONC(=O)COc1c(C)cccc1C. The minimum absolute atomic E-state index is 0.0708. The molecule has 100 valence electrons. The summed E-state index contributed by atoms with van der Waals surface area (Å²) in [5.41, 5.74) is 4.29. The van der Waals surface area contributed by atoms with Crippen LogP contribution in [0.3, 0.4) is 0 Å². The highest BCUT2D eigenvalue weighted by molar-refractivity contribution is 5.76. The summed E-state index contributed by atoms with van der Waals surface area (Å²) in [7, 11) is 1.56. The number of methoxy groups -OCH3 is 1. The first-order valence-electron chi connectivity index (χ1n) is 5.73. The monoisotopic (exact) mass is 253 g/mol. The number of amides is 1. The van der Waals surface area contributed by atoms with Crippen molar-refractivity contribution in [3.8, 4) is 5.75 Å². The fourth-order valence-corrected chi connectivity index (χ4v) is 1.45. The predicted octanol–water partition coefficient (Wildman–Crippen LogP) is 1.38. The molecule has 5 heteroatoms. The van der Waals surface area contributed by atoms with Crippen LogP contribution in [0, 0.1) is 13.8 Å². The van der Waals surface area contributed by atoms with Gasteiger partial charge in [-0.3, -0.25) is 9.63 Å². The lowest BCUT2D eigenvalue weighted by Gasteiger charge is -2.11. The van der Waals surface area contributed by atoms with Gasteiger partial charge in [0, 0.05) is 7.11 Å². The smallest absolute Gasteiger partial charge is 0.281 e. The Hall–Kier alpha value is -1.59. The van der Waals surface area contributed by atoms with Gasteiger partial charge in [0.2, 0.25) is 0 Å². The molecule has 5 nitrogen and oxygen atoms in total. The summed E-state index contributed by atoms with van der Waals surface area (Å²) in [6, 6.07) is 5.83. The van der Waals surface area contributed by atoms with Gasteiger partial charge in [-0.05, 0) is 25.0 Å². The average molecular weight is 253 g/mol. The zero-order valence-corrected chi connectivity index (χ0v) is 11.0. The number of aryl methyl sites for hydroxylation is 2. The second kappa shape index (κ2) is 7.68. The predicted molar refractivity (Wildman–Crippen MR) is 67.4 cm³/mol. The molecular weight excluding hydrogens is 234 g/mol. The van der Waals surface area contributed by atoms with Gasteiger partial charge in [0.25, 0.3) is 5.91 Å². The Bertz CT molecular complexity index is 372. The van der Waals surface area contributed by atoms with Crippen LogP contribution in [0.1, 0.15) is 11.1 Å². The molecule has 1 aromatic carbocycles. The van der Waals surface area contributed by atoms with Gasteiger partial charge in [-0.1, -0.05) is 18.2 Å². The molecule has 18 heavy (non-hydrogen) atoms. The van der Waals surface area contributed by atoms with Crippen molar-refractivity contribution in [1.29, 1.82) is 0 Å². The lowest BCUT2D eigenvalue weighted by atomic mass is 10.1. The molecule has 0 aliphatic rings. The first kappa shape index (κ1) is 14.5. The van der Waals surface area contributed by atoms with Gasteiger partial charge in [0.15, 0.2) is 6.61 Å². The first-order chi connectivity index (χ1) is 8.65. The van der Waals surface area contributed by atoms with Gasteiger partial charge in [0.1, 0.15) is 5.75 Å². The largest absolute Gasteiger partial charge is 0.483 e. The van der Waals surface area contributed by atoms with Crippen molar-refractivity contribution < 1.29 is 19.1 Å². The average Bonchev–Trinajstić information content (AvgIpc) is 2.34. The highest BCUT2D eigenvalue weighted by Gasteiger charge is 2.06. The van der Waals surface area contributed by atoms with Crippen LogP contribution in [0.4, 0.5) is 0 Å². The van der Waals surface area contributed by atoms with Gasteiger partial charge in [-0.15, -0.1) is 0 Å². The van der Waals surface area contributed by atoms with E-state index in [4.69, 9.17) is 14.3 Å². The van der Waals surface area contributed by atoms with Crippen LogP contribution in [0.2, 0.25) is 0 Å². The van der Waals surface area contributed by atoms with Gasteiger partial charge < -0.3 is 9.47 Å². The Morgan fingerprint density at radius 2 is 1.89 bits per heavy atom. The molecule has 0 saturated heterocycles. The minimum atomic E-state index is -0.325. The number of para-hydroxylation sites is 1. The maximum atomic E-state index is 11.4. The van der Waals surface area contributed by atoms with E-state index >= 15 is 0 Å². The van der Waals surface area contributed by atoms with Gasteiger partial charge in [-0.2, -0.15) is 0 Å². The Labute approximate surface area is 107 Å². The van der Waals surface area contributed by atoms with Crippen molar-refractivity contribution in [3.05, 3.63) is 29.3 Å². The molecule has 1 amide bonds. The number of hydroxylamine groups is 1. The Morgan fingerprint density at radius 1 is 1.22 bits per heavy atom. The number of hydrogen-bond donors (Lipinski definition) is 1. The third-order valence-corrected chi connectivity index (χ3v) is 2.33. The van der Waals surface area contributed by atoms with E-state index in [1.54, 1.807) is 7.11 Å². The Balaban J connectivity index is 2.34. The van der Waals surface area contributed by atoms with Crippen molar-refractivity contribution in [2.24, 2.45) is 0 Å². The maximum Gasteiger partial charge on any atom is 0.281 e. The molecule has 0 spiro atoms. The zero-order valence-electron chi connectivity index (χ0n) is 11.0. The number of nitrogens with one attached hydrogen (secondary N) is 1. The van der Waals surface area contributed by atoms with E-state index in [-0.39, 0.29) is 12.5 Å². The van der Waals surface area contributed by atoms with E-state index in [9.17, 15) is 4.79 Å². The number of rotatable bonds is 7. The second-order valence-corrected chi connectivity index (χ2v) is 3.88. The molecule has 0 unspecified atom stereocenters. The summed E-state index contributed by atoms with van der Waals surface area (Å²) < 4.78 is 10.2. The quantitative estimate of drug-likeness (QED) is 0.589. The fourth-order valence-electron chi connectivity index (χ4n) is 1.45. The molecule has 0 saturated carbocycles. The van der Waals surface area contributed by atoms with Crippen LogP contribution in [0.15, 0.2) is 18.2 Å². The molecule has 0 atom stereocenters.